The van der Waals surface area contributed by atoms with Crippen LogP contribution in [0.4, 0.5) is 0 Å². The number of aliphatic imine (C=N–C) groups is 1. The number of hydrogen-bond acceptors (Lipinski definition) is 3. The Bertz CT molecular complexity index is 371. The first-order valence-electron chi connectivity index (χ1n) is 9.34. The molecule has 2 rings (SSSR count). The van der Waals surface area contributed by atoms with E-state index in [-0.39, 0.29) is 0 Å². The lowest BCUT2D eigenvalue weighted by molar-refractivity contribution is 0.128. The van der Waals surface area contributed by atoms with E-state index in [4.69, 9.17) is 4.74 Å². The molecule has 0 aromatic carbocycles. The van der Waals surface area contributed by atoms with Gasteiger partial charge in [-0.15, -0.1) is 0 Å². The van der Waals surface area contributed by atoms with E-state index in [9.17, 15) is 0 Å². The largest absolute Gasteiger partial charge is 0.382 e. The third kappa shape index (κ3) is 5.96. The Labute approximate surface area is 142 Å². The van der Waals surface area contributed by atoms with E-state index in [1.54, 1.807) is 0 Å². The van der Waals surface area contributed by atoms with Gasteiger partial charge in [0.25, 0.3) is 0 Å². The zero-order valence-corrected chi connectivity index (χ0v) is 15.6. The highest BCUT2D eigenvalue weighted by atomic mass is 16.5. The zero-order valence-electron chi connectivity index (χ0n) is 15.6. The molecule has 5 heteroatoms. The number of nitrogens with one attached hydrogen (secondary N) is 1. The molecule has 1 N–H and O–H groups in total. The Balaban J connectivity index is 1.72. The van der Waals surface area contributed by atoms with Gasteiger partial charge < -0.3 is 15.0 Å². The second-order valence-corrected chi connectivity index (χ2v) is 7.53. The van der Waals surface area contributed by atoms with Gasteiger partial charge in [-0.3, -0.25) is 9.89 Å². The highest BCUT2D eigenvalue weighted by molar-refractivity contribution is 5.80. The highest BCUT2D eigenvalue weighted by Crippen LogP contribution is 2.48. The van der Waals surface area contributed by atoms with Crippen molar-refractivity contribution < 1.29 is 4.74 Å². The van der Waals surface area contributed by atoms with Crippen LogP contribution >= 0.6 is 0 Å². The molecular weight excluding hydrogens is 288 g/mol. The van der Waals surface area contributed by atoms with Crippen molar-refractivity contribution in [1.29, 1.82) is 0 Å². The van der Waals surface area contributed by atoms with Gasteiger partial charge in [0.2, 0.25) is 0 Å². The van der Waals surface area contributed by atoms with Crippen LogP contribution in [0.15, 0.2) is 4.99 Å². The van der Waals surface area contributed by atoms with Gasteiger partial charge in [0.1, 0.15) is 0 Å². The maximum absolute atomic E-state index is 5.53. The van der Waals surface area contributed by atoms with Crippen LogP contribution in [-0.4, -0.2) is 75.3 Å². The molecular formula is C18H36N4O. The molecule has 0 atom stereocenters. The van der Waals surface area contributed by atoms with Crippen molar-refractivity contribution >= 4 is 5.96 Å². The van der Waals surface area contributed by atoms with Gasteiger partial charge in [0, 0.05) is 59.5 Å². The summed E-state index contributed by atoms with van der Waals surface area (Å²) in [7, 11) is 1.91. The lowest BCUT2D eigenvalue weighted by Gasteiger charge is -2.37. The molecule has 1 saturated carbocycles. The Kier molecular flexibility index (Phi) is 7.15. The molecule has 1 saturated heterocycles. The first kappa shape index (κ1) is 18.5. The molecule has 2 fully saturated rings. The number of ether oxygens (including phenoxy) is 1. The molecule has 1 heterocycles. The molecule has 1 aliphatic heterocycles. The molecule has 2 aliphatic rings. The van der Waals surface area contributed by atoms with Crippen LogP contribution in [-0.2, 0) is 4.74 Å². The average Bonchev–Trinajstić information content (AvgIpc) is 3.29. The van der Waals surface area contributed by atoms with Gasteiger partial charge in [0.05, 0.1) is 0 Å². The molecule has 0 spiro atoms. The molecule has 0 unspecified atom stereocenters. The van der Waals surface area contributed by atoms with Crippen LogP contribution in [0.2, 0.25) is 0 Å². The summed E-state index contributed by atoms with van der Waals surface area (Å²) in [5.74, 6) is 1.83. The first-order valence-corrected chi connectivity index (χ1v) is 9.34. The van der Waals surface area contributed by atoms with E-state index in [2.05, 4.69) is 40.9 Å². The molecule has 134 valence electrons. The summed E-state index contributed by atoms with van der Waals surface area (Å²) in [6.45, 7) is 15.1. The molecule has 0 aromatic heterocycles. The molecule has 5 nitrogen and oxygen atoms in total. The SMILES string of the molecule is CCOCCC1(CNC(=NC)N2CCN(CC(C)C)CC2)CC1. The lowest BCUT2D eigenvalue weighted by atomic mass is 10.0. The minimum Gasteiger partial charge on any atom is -0.382 e. The minimum absolute atomic E-state index is 0.463. The third-order valence-electron chi connectivity index (χ3n) is 5.07. The number of rotatable bonds is 8. The Morgan fingerprint density at radius 1 is 1.22 bits per heavy atom. The van der Waals surface area contributed by atoms with Crippen molar-refractivity contribution in [2.24, 2.45) is 16.3 Å². The summed E-state index contributed by atoms with van der Waals surface area (Å²) >= 11 is 0. The quantitative estimate of drug-likeness (QED) is 0.421. The zero-order chi connectivity index (χ0) is 16.7. The van der Waals surface area contributed by atoms with Crippen molar-refractivity contribution in [3.05, 3.63) is 0 Å². The van der Waals surface area contributed by atoms with Crippen LogP contribution in [0, 0.1) is 11.3 Å². The third-order valence-corrected chi connectivity index (χ3v) is 5.07. The predicted octanol–water partition coefficient (Wildman–Crippen LogP) is 2.04. The summed E-state index contributed by atoms with van der Waals surface area (Å²) < 4.78 is 5.53. The van der Waals surface area contributed by atoms with Crippen molar-refractivity contribution in [3.63, 3.8) is 0 Å². The van der Waals surface area contributed by atoms with Gasteiger partial charge >= 0.3 is 0 Å². The standard InChI is InChI=1S/C18H36N4O/c1-5-23-13-8-18(6-7-18)15-20-17(19-4)22-11-9-21(10-12-22)14-16(2)3/h16H,5-15H2,1-4H3,(H,19,20). The molecule has 1 aliphatic carbocycles. The second kappa shape index (κ2) is 8.88. The van der Waals surface area contributed by atoms with Gasteiger partial charge in [-0.1, -0.05) is 13.8 Å². The van der Waals surface area contributed by atoms with Crippen LogP contribution < -0.4 is 5.32 Å². The van der Waals surface area contributed by atoms with Crippen molar-refractivity contribution in [1.82, 2.24) is 15.1 Å². The summed E-state index contributed by atoms with van der Waals surface area (Å²) in [5, 5.41) is 3.63. The predicted molar refractivity (Wildman–Crippen MR) is 97.0 cm³/mol. The molecule has 0 aromatic rings. The fourth-order valence-electron chi connectivity index (χ4n) is 3.38. The van der Waals surface area contributed by atoms with Gasteiger partial charge in [0.15, 0.2) is 5.96 Å². The molecule has 0 radical (unpaired) electrons. The smallest absolute Gasteiger partial charge is 0.193 e. The van der Waals surface area contributed by atoms with Gasteiger partial charge in [-0.05, 0) is 37.5 Å². The van der Waals surface area contributed by atoms with E-state index in [1.165, 1.54) is 25.8 Å². The average molecular weight is 325 g/mol. The van der Waals surface area contributed by atoms with Crippen LogP contribution in [0.5, 0.6) is 0 Å². The monoisotopic (exact) mass is 324 g/mol. The fourth-order valence-corrected chi connectivity index (χ4v) is 3.38. The highest BCUT2D eigenvalue weighted by Gasteiger charge is 2.42. The van der Waals surface area contributed by atoms with Crippen LogP contribution in [0.3, 0.4) is 0 Å². The summed E-state index contributed by atoms with van der Waals surface area (Å²) in [4.78, 5) is 9.49. The Morgan fingerprint density at radius 3 is 2.43 bits per heavy atom. The van der Waals surface area contributed by atoms with E-state index in [1.807, 2.05) is 7.05 Å². The summed E-state index contributed by atoms with van der Waals surface area (Å²) in [6.07, 6.45) is 3.82. The topological polar surface area (TPSA) is 40.1 Å². The number of guanidine groups is 1. The van der Waals surface area contributed by atoms with Crippen molar-refractivity contribution in [2.75, 3.05) is 59.5 Å². The Morgan fingerprint density at radius 2 is 1.91 bits per heavy atom. The number of hydrogen-bond donors (Lipinski definition) is 1. The molecule has 0 amide bonds. The van der Waals surface area contributed by atoms with E-state index < -0.39 is 0 Å². The van der Waals surface area contributed by atoms with Crippen molar-refractivity contribution in [2.45, 2.75) is 40.0 Å². The molecule has 0 bridgehead atoms. The lowest BCUT2D eigenvalue weighted by Crippen LogP contribution is -2.53. The minimum atomic E-state index is 0.463. The maximum atomic E-state index is 5.53. The van der Waals surface area contributed by atoms with Crippen LogP contribution in [0.1, 0.15) is 40.0 Å². The molecule has 23 heavy (non-hydrogen) atoms. The first-order chi connectivity index (χ1) is 11.1. The van der Waals surface area contributed by atoms with E-state index in [0.29, 0.717) is 5.41 Å². The second-order valence-electron chi connectivity index (χ2n) is 7.53. The van der Waals surface area contributed by atoms with Crippen molar-refractivity contribution in [3.8, 4) is 0 Å². The van der Waals surface area contributed by atoms with E-state index in [0.717, 1.165) is 57.8 Å². The fraction of sp³-hybridized carbons (Fsp3) is 0.944. The van der Waals surface area contributed by atoms with E-state index >= 15 is 0 Å². The Hall–Kier alpha value is -0.810. The van der Waals surface area contributed by atoms with Gasteiger partial charge in [-0.25, -0.2) is 0 Å². The normalized spacial score (nSPS) is 21.8. The van der Waals surface area contributed by atoms with Gasteiger partial charge in [-0.2, -0.15) is 0 Å². The summed E-state index contributed by atoms with van der Waals surface area (Å²) in [5.41, 5.74) is 0.463. The van der Waals surface area contributed by atoms with Crippen LogP contribution in [0.25, 0.3) is 0 Å². The number of piperazine rings is 1. The maximum Gasteiger partial charge on any atom is 0.193 e. The summed E-state index contributed by atoms with van der Waals surface area (Å²) in [6, 6.07) is 0. The number of nitrogens with zero attached hydrogens (tertiary/aromatic N) is 3.